The van der Waals surface area contributed by atoms with E-state index in [1.807, 2.05) is 18.3 Å². The van der Waals surface area contributed by atoms with Gasteiger partial charge in [-0.15, -0.1) is 11.3 Å². The first kappa shape index (κ1) is 20.9. The van der Waals surface area contributed by atoms with Crippen LogP contribution in [0.15, 0.2) is 23.7 Å². The van der Waals surface area contributed by atoms with E-state index in [1.165, 1.54) is 0 Å². The lowest BCUT2D eigenvalue weighted by Gasteiger charge is -2.28. The van der Waals surface area contributed by atoms with Gasteiger partial charge >= 0.3 is 6.09 Å². The van der Waals surface area contributed by atoms with Crippen LogP contribution in [0.2, 0.25) is 0 Å². The second-order valence-corrected chi connectivity index (χ2v) is 8.82. The molecule has 3 heterocycles. The van der Waals surface area contributed by atoms with Crippen molar-refractivity contribution in [1.82, 2.24) is 9.97 Å². The van der Waals surface area contributed by atoms with E-state index in [0.717, 1.165) is 80.5 Å². The Bertz CT molecular complexity index is 832. The van der Waals surface area contributed by atoms with Crippen LogP contribution < -0.4 is 16.4 Å². The van der Waals surface area contributed by atoms with Crippen LogP contribution in [0.25, 0.3) is 11.3 Å². The third-order valence-electron chi connectivity index (χ3n) is 5.75. The van der Waals surface area contributed by atoms with E-state index < -0.39 is 6.09 Å². The third kappa shape index (κ3) is 5.82. The highest BCUT2D eigenvalue weighted by atomic mass is 32.1. The van der Waals surface area contributed by atoms with E-state index in [0.29, 0.717) is 12.0 Å². The molecule has 1 amide bonds. The Hall–Kier alpha value is -2.39. The summed E-state index contributed by atoms with van der Waals surface area (Å²) in [5.41, 5.74) is 7.12. The lowest BCUT2D eigenvalue weighted by Crippen LogP contribution is -2.32. The van der Waals surface area contributed by atoms with E-state index in [4.69, 9.17) is 20.2 Å². The molecule has 0 atom stereocenters. The zero-order valence-corrected chi connectivity index (χ0v) is 17.8. The van der Waals surface area contributed by atoms with Crippen molar-refractivity contribution in [1.29, 1.82) is 0 Å². The number of carbonyl (C=O) groups is 1. The summed E-state index contributed by atoms with van der Waals surface area (Å²) in [6.45, 7) is 2.67. The van der Waals surface area contributed by atoms with Gasteiger partial charge in [-0.2, -0.15) is 0 Å². The normalized spacial score (nSPS) is 22.4. The number of nitrogens with zero attached hydrogens (tertiary/aromatic N) is 2. The molecule has 1 saturated heterocycles. The van der Waals surface area contributed by atoms with E-state index in [-0.39, 0.29) is 6.10 Å². The van der Waals surface area contributed by atoms with Crippen molar-refractivity contribution >= 4 is 28.4 Å². The fourth-order valence-electron chi connectivity index (χ4n) is 4.04. The van der Waals surface area contributed by atoms with Crippen LogP contribution in [0.4, 0.5) is 15.7 Å². The molecule has 0 bridgehead atoms. The molecular weight excluding hydrogens is 402 g/mol. The lowest BCUT2D eigenvalue weighted by molar-refractivity contribution is 0.0699. The molecule has 8 nitrogen and oxygen atoms in total. The number of rotatable bonds is 7. The summed E-state index contributed by atoms with van der Waals surface area (Å²) in [4.78, 5) is 20.1. The molecule has 0 unspecified atom stereocenters. The Morgan fingerprint density at radius 3 is 2.80 bits per heavy atom. The van der Waals surface area contributed by atoms with Gasteiger partial charge in [0.05, 0.1) is 5.69 Å². The van der Waals surface area contributed by atoms with Gasteiger partial charge in [0, 0.05) is 42.9 Å². The van der Waals surface area contributed by atoms with Gasteiger partial charge in [-0.3, -0.25) is 0 Å². The molecule has 4 N–H and O–H groups in total. The molecule has 0 aromatic carbocycles. The van der Waals surface area contributed by atoms with Crippen molar-refractivity contribution in [3.05, 3.63) is 23.7 Å². The SMILES string of the molecule is NC(=O)OC1CCC(Nc2cc(-c3csc(NCC4CCOCC4)n3)ccn2)CC1. The van der Waals surface area contributed by atoms with Gasteiger partial charge in [-0.05, 0) is 56.6 Å². The molecule has 2 aromatic heterocycles. The minimum atomic E-state index is -0.689. The van der Waals surface area contributed by atoms with Crippen LogP contribution in [0.1, 0.15) is 38.5 Å². The second kappa shape index (κ2) is 10.1. The van der Waals surface area contributed by atoms with E-state index >= 15 is 0 Å². The summed E-state index contributed by atoms with van der Waals surface area (Å²) in [5, 5.41) is 10.0. The molecule has 162 valence electrons. The number of pyridine rings is 1. The number of ether oxygens (including phenoxy) is 2. The summed E-state index contributed by atoms with van der Waals surface area (Å²) in [5.74, 6) is 1.50. The fraction of sp³-hybridized carbons (Fsp3) is 0.571. The van der Waals surface area contributed by atoms with Crippen molar-refractivity contribution in [3.63, 3.8) is 0 Å². The smallest absolute Gasteiger partial charge is 0.404 e. The van der Waals surface area contributed by atoms with Crippen LogP contribution in [-0.4, -0.2) is 48.0 Å². The quantitative estimate of drug-likeness (QED) is 0.610. The molecule has 1 aliphatic heterocycles. The maximum atomic E-state index is 10.9. The Labute approximate surface area is 180 Å². The summed E-state index contributed by atoms with van der Waals surface area (Å²) in [6.07, 6.45) is 6.74. The van der Waals surface area contributed by atoms with Gasteiger partial charge in [-0.25, -0.2) is 14.8 Å². The van der Waals surface area contributed by atoms with Crippen LogP contribution >= 0.6 is 11.3 Å². The summed E-state index contributed by atoms with van der Waals surface area (Å²) < 4.78 is 10.5. The van der Waals surface area contributed by atoms with Gasteiger partial charge in [0.2, 0.25) is 0 Å². The van der Waals surface area contributed by atoms with Crippen LogP contribution in [-0.2, 0) is 9.47 Å². The number of hydrogen-bond acceptors (Lipinski definition) is 8. The number of nitrogens with one attached hydrogen (secondary N) is 2. The number of aromatic nitrogens is 2. The standard InChI is InChI=1S/C21H29N5O3S/c22-20(27)29-17-3-1-16(2-4-17)25-19-11-15(5-8-23-19)18-13-30-21(26-18)24-12-14-6-9-28-10-7-14/h5,8,11,13-14,16-17H,1-4,6-7,9-10,12H2,(H2,22,27)(H,23,25)(H,24,26). The molecule has 0 spiro atoms. The highest BCUT2D eigenvalue weighted by Gasteiger charge is 2.23. The molecule has 1 aliphatic carbocycles. The first-order valence-electron chi connectivity index (χ1n) is 10.6. The Balaban J connectivity index is 1.30. The van der Waals surface area contributed by atoms with Crippen molar-refractivity contribution in [2.24, 2.45) is 11.7 Å². The number of carbonyl (C=O) groups excluding carboxylic acids is 1. The fourth-order valence-corrected chi connectivity index (χ4v) is 4.77. The molecule has 30 heavy (non-hydrogen) atoms. The third-order valence-corrected chi connectivity index (χ3v) is 6.55. The molecule has 2 fully saturated rings. The minimum absolute atomic E-state index is 0.0677. The molecule has 0 radical (unpaired) electrons. The van der Waals surface area contributed by atoms with E-state index in [1.54, 1.807) is 11.3 Å². The number of nitrogens with two attached hydrogens (primary N) is 1. The monoisotopic (exact) mass is 431 g/mol. The molecule has 2 aliphatic rings. The van der Waals surface area contributed by atoms with Crippen LogP contribution in [0.5, 0.6) is 0 Å². The largest absolute Gasteiger partial charge is 0.446 e. The van der Waals surface area contributed by atoms with Gasteiger partial charge in [0.1, 0.15) is 11.9 Å². The predicted molar refractivity (Wildman–Crippen MR) is 118 cm³/mol. The van der Waals surface area contributed by atoms with Crippen molar-refractivity contribution in [2.75, 3.05) is 30.4 Å². The van der Waals surface area contributed by atoms with Crippen molar-refractivity contribution in [3.8, 4) is 11.3 Å². The van der Waals surface area contributed by atoms with E-state index in [2.05, 4.69) is 21.0 Å². The maximum absolute atomic E-state index is 10.9. The summed E-state index contributed by atoms with van der Waals surface area (Å²) in [7, 11) is 0. The van der Waals surface area contributed by atoms with Gasteiger partial charge in [-0.1, -0.05) is 0 Å². The predicted octanol–water partition coefficient (Wildman–Crippen LogP) is 3.86. The van der Waals surface area contributed by atoms with E-state index in [9.17, 15) is 4.79 Å². The van der Waals surface area contributed by atoms with Gasteiger partial charge < -0.3 is 25.8 Å². The average molecular weight is 432 g/mol. The topological polar surface area (TPSA) is 111 Å². The maximum Gasteiger partial charge on any atom is 0.404 e. The Morgan fingerprint density at radius 2 is 2.03 bits per heavy atom. The number of primary amides is 1. The molecular formula is C21H29N5O3S. The van der Waals surface area contributed by atoms with Gasteiger partial charge in [0.25, 0.3) is 0 Å². The van der Waals surface area contributed by atoms with Gasteiger partial charge in [0.15, 0.2) is 5.13 Å². The van der Waals surface area contributed by atoms with Crippen molar-refractivity contribution in [2.45, 2.75) is 50.7 Å². The molecule has 1 saturated carbocycles. The highest BCUT2D eigenvalue weighted by Crippen LogP contribution is 2.28. The number of amides is 1. The minimum Gasteiger partial charge on any atom is -0.446 e. The molecule has 9 heteroatoms. The van der Waals surface area contributed by atoms with Crippen molar-refractivity contribution < 1.29 is 14.3 Å². The van der Waals surface area contributed by atoms with Crippen LogP contribution in [0.3, 0.4) is 0 Å². The second-order valence-electron chi connectivity index (χ2n) is 7.96. The Morgan fingerprint density at radius 1 is 1.23 bits per heavy atom. The number of thiazole rings is 1. The molecule has 4 rings (SSSR count). The Kier molecular flexibility index (Phi) is 7.01. The number of anilines is 2. The zero-order chi connectivity index (χ0) is 20.8. The van der Waals surface area contributed by atoms with Crippen LogP contribution in [0, 0.1) is 5.92 Å². The first-order valence-corrected chi connectivity index (χ1v) is 11.5. The summed E-state index contributed by atoms with van der Waals surface area (Å²) in [6, 6.07) is 4.34. The summed E-state index contributed by atoms with van der Waals surface area (Å²) >= 11 is 1.63. The average Bonchev–Trinajstić information content (AvgIpc) is 3.24. The zero-order valence-electron chi connectivity index (χ0n) is 17.0. The lowest BCUT2D eigenvalue weighted by atomic mass is 9.93. The molecule has 2 aromatic rings. The first-order chi connectivity index (χ1) is 14.7. The highest BCUT2D eigenvalue weighted by molar-refractivity contribution is 7.14. The number of hydrogen-bond donors (Lipinski definition) is 3.